The number of fused-ring (bicyclic) bond motifs is 1. The summed E-state index contributed by atoms with van der Waals surface area (Å²) in [5.74, 6) is 1.52. The van der Waals surface area contributed by atoms with E-state index >= 15 is 0 Å². The van der Waals surface area contributed by atoms with Gasteiger partial charge in [-0.15, -0.1) is 11.3 Å². The SMILES string of the molecule is Cc1ccc(C)c(N=c2scc(C)n2N=Cc2ccc3c(c2)OCO3)c1. The van der Waals surface area contributed by atoms with E-state index in [1.54, 1.807) is 11.3 Å². The van der Waals surface area contributed by atoms with Gasteiger partial charge < -0.3 is 9.47 Å². The zero-order valence-corrected chi connectivity index (χ0v) is 15.7. The summed E-state index contributed by atoms with van der Waals surface area (Å²) in [6, 6.07) is 12.1. The normalized spacial score (nSPS) is 13.7. The number of benzene rings is 2. The number of hydrogen-bond donors (Lipinski definition) is 0. The average Bonchev–Trinajstić information content (AvgIpc) is 3.23. The van der Waals surface area contributed by atoms with Crippen molar-refractivity contribution in [3.05, 3.63) is 69.0 Å². The number of hydrogen-bond acceptors (Lipinski definition) is 5. The zero-order chi connectivity index (χ0) is 18.1. The molecule has 26 heavy (non-hydrogen) atoms. The highest BCUT2D eigenvalue weighted by molar-refractivity contribution is 7.07. The minimum absolute atomic E-state index is 0.271. The van der Waals surface area contributed by atoms with Gasteiger partial charge in [-0.05, 0) is 61.7 Å². The van der Waals surface area contributed by atoms with Gasteiger partial charge in [-0.3, -0.25) is 0 Å². The summed E-state index contributed by atoms with van der Waals surface area (Å²) >= 11 is 1.58. The molecule has 0 fully saturated rings. The Morgan fingerprint density at radius 1 is 1.04 bits per heavy atom. The second kappa shape index (κ2) is 6.80. The molecule has 0 atom stereocenters. The van der Waals surface area contributed by atoms with Crippen LogP contribution in [0.3, 0.4) is 0 Å². The van der Waals surface area contributed by atoms with Crippen LogP contribution in [-0.2, 0) is 0 Å². The third kappa shape index (κ3) is 3.28. The fraction of sp³-hybridized carbons (Fsp3) is 0.200. The lowest BCUT2D eigenvalue weighted by Gasteiger charge is -2.02. The highest BCUT2D eigenvalue weighted by atomic mass is 32.1. The van der Waals surface area contributed by atoms with Crippen LogP contribution in [0.15, 0.2) is 51.9 Å². The standard InChI is InChI=1S/C20H19N3O2S/c1-13-4-5-14(2)17(8-13)22-20-23(15(3)11-26-20)21-10-16-6-7-18-19(9-16)25-12-24-18/h4-11H,12H2,1-3H3. The van der Waals surface area contributed by atoms with Crippen molar-refractivity contribution < 1.29 is 9.47 Å². The van der Waals surface area contributed by atoms with E-state index in [0.29, 0.717) is 0 Å². The van der Waals surface area contributed by atoms with Gasteiger partial charge >= 0.3 is 0 Å². The van der Waals surface area contributed by atoms with E-state index in [1.807, 2.05) is 36.0 Å². The van der Waals surface area contributed by atoms with E-state index in [2.05, 4.69) is 42.5 Å². The maximum atomic E-state index is 5.42. The fourth-order valence-electron chi connectivity index (χ4n) is 2.66. The van der Waals surface area contributed by atoms with Crippen molar-refractivity contribution in [3.63, 3.8) is 0 Å². The Morgan fingerprint density at radius 2 is 1.88 bits per heavy atom. The molecule has 0 saturated carbocycles. The van der Waals surface area contributed by atoms with Crippen LogP contribution in [0, 0.1) is 20.8 Å². The summed E-state index contributed by atoms with van der Waals surface area (Å²) in [5, 5.41) is 6.68. The van der Waals surface area contributed by atoms with Crippen molar-refractivity contribution in [2.24, 2.45) is 10.1 Å². The summed E-state index contributed by atoms with van der Waals surface area (Å²) in [4.78, 5) is 5.66. The van der Waals surface area contributed by atoms with Gasteiger partial charge in [0.25, 0.3) is 0 Å². The number of aromatic nitrogens is 1. The van der Waals surface area contributed by atoms with Crippen molar-refractivity contribution >= 4 is 23.2 Å². The van der Waals surface area contributed by atoms with Crippen molar-refractivity contribution in [2.75, 3.05) is 6.79 Å². The highest BCUT2D eigenvalue weighted by Crippen LogP contribution is 2.32. The molecule has 0 aliphatic carbocycles. The van der Waals surface area contributed by atoms with E-state index in [1.165, 1.54) is 5.56 Å². The number of ether oxygens (including phenoxy) is 2. The van der Waals surface area contributed by atoms with Gasteiger partial charge in [0.1, 0.15) is 0 Å². The van der Waals surface area contributed by atoms with Gasteiger partial charge in [0.05, 0.1) is 17.6 Å². The van der Waals surface area contributed by atoms with E-state index < -0.39 is 0 Å². The van der Waals surface area contributed by atoms with E-state index in [-0.39, 0.29) is 6.79 Å². The molecule has 5 nitrogen and oxygen atoms in total. The molecule has 0 N–H and O–H groups in total. The third-order valence-corrected chi connectivity index (χ3v) is 5.08. The Labute approximate surface area is 155 Å². The zero-order valence-electron chi connectivity index (χ0n) is 14.9. The minimum atomic E-state index is 0.271. The van der Waals surface area contributed by atoms with Crippen LogP contribution in [0.5, 0.6) is 11.5 Å². The topological polar surface area (TPSA) is 48.1 Å². The first-order valence-electron chi connectivity index (χ1n) is 8.33. The summed E-state index contributed by atoms with van der Waals surface area (Å²) in [6.45, 7) is 6.44. The summed E-state index contributed by atoms with van der Waals surface area (Å²) in [7, 11) is 0. The van der Waals surface area contributed by atoms with Crippen LogP contribution in [0.25, 0.3) is 0 Å². The van der Waals surface area contributed by atoms with Crippen molar-refractivity contribution in [2.45, 2.75) is 20.8 Å². The fourth-order valence-corrected chi connectivity index (χ4v) is 3.48. The highest BCUT2D eigenvalue weighted by Gasteiger charge is 2.12. The molecule has 132 valence electrons. The van der Waals surface area contributed by atoms with Crippen LogP contribution < -0.4 is 14.3 Å². The quantitative estimate of drug-likeness (QED) is 0.649. The first kappa shape index (κ1) is 16.6. The molecule has 3 aromatic rings. The molecule has 0 unspecified atom stereocenters. The Morgan fingerprint density at radius 3 is 2.77 bits per heavy atom. The lowest BCUT2D eigenvalue weighted by Crippen LogP contribution is -2.11. The van der Waals surface area contributed by atoms with Gasteiger partial charge in [-0.1, -0.05) is 12.1 Å². The molecule has 2 aromatic carbocycles. The van der Waals surface area contributed by atoms with Gasteiger partial charge in [-0.2, -0.15) is 5.10 Å². The lowest BCUT2D eigenvalue weighted by atomic mass is 10.1. The molecule has 1 aliphatic heterocycles. The van der Waals surface area contributed by atoms with Crippen molar-refractivity contribution in [1.29, 1.82) is 0 Å². The van der Waals surface area contributed by atoms with Gasteiger partial charge in [0, 0.05) is 5.38 Å². The van der Waals surface area contributed by atoms with Crippen molar-refractivity contribution in [1.82, 2.24) is 4.68 Å². The molecule has 0 radical (unpaired) electrons. The minimum Gasteiger partial charge on any atom is -0.454 e. The van der Waals surface area contributed by atoms with Crippen LogP contribution in [0.4, 0.5) is 5.69 Å². The molecule has 0 spiro atoms. The summed E-state index contributed by atoms with van der Waals surface area (Å²) < 4.78 is 12.6. The number of rotatable bonds is 3. The molecule has 6 heteroatoms. The first-order chi connectivity index (χ1) is 12.6. The Hall–Kier alpha value is -2.86. The lowest BCUT2D eigenvalue weighted by molar-refractivity contribution is 0.174. The maximum absolute atomic E-state index is 5.42. The molecule has 2 heterocycles. The Bertz CT molecular complexity index is 1060. The number of aryl methyl sites for hydroxylation is 3. The molecule has 1 aliphatic rings. The second-order valence-corrected chi connectivity index (χ2v) is 7.07. The van der Waals surface area contributed by atoms with E-state index in [4.69, 9.17) is 14.5 Å². The maximum Gasteiger partial charge on any atom is 0.231 e. The smallest absolute Gasteiger partial charge is 0.231 e. The Balaban J connectivity index is 1.71. The number of thiazole rings is 1. The molecular weight excluding hydrogens is 346 g/mol. The molecule has 0 amide bonds. The van der Waals surface area contributed by atoms with Crippen molar-refractivity contribution in [3.8, 4) is 11.5 Å². The van der Waals surface area contributed by atoms with E-state index in [0.717, 1.165) is 38.8 Å². The first-order valence-corrected chi connectivity index (χ1v) is 9.21. The van der Waals surface area contributed by atoms with Gasteiger partial charge in [-0.25, -0.2) is 9.67 Å². The third-order valence-electron chi connectivity index (χ3n) is 4.15. The predicted molar refractivity (Wildman–Crippen MR) is 104 cm³/mol. The summed E-state index contributed by atoms with van der Waals surface area (Å²) in [5.41, 5.74) is 5.30. The summed E-state index contributed by atoms with van der Waals surface area (Å²) in [6.07, 6.45) is 1.81. The van der Waals surface area contributed by atoms with Gasteiger partial charge in [0.15, 0.2) is 11.5 Å². The van der Waals surface area contributed by atoms with Crippen LogP contribution in [0.2, 0.25) is 0 Å². The number of nitrogens with zero attached hydrogens (tertiary/aromatic N) is 3. The molecule has 0 saturated heterocycles. The largest absolute Gasteiger partial charge is 0.454 e. The molecule has 1 aromatic heterocycles. The predicted octanol–water partition coefficient (Wildman–Crippen LogP) is 4.32. The molecule has 4 rings (SSSR count). The monoisotopic (exact) mass is 365 g/mol. The van der Waals surface area contributed by atoms with Crippen LogP contribution >= 0.6 is 11.3 Å². The average molecular weight is 365 g/mol. The van der Waals surface area contributed by atoms with Crippen LogP contribution in [0.1, 0.15) is 22.4 Å². The molecular formula is C20H19N3O2S. The van der Waals surface area contributed by atoms with Gasteiger partial charge in [0.2, 0.25) is 11.6 Å². The van der Waals surface area contributed by atoms with Crippen LogP contribution in [-0.4, -0.2) is 17.7 Å². The molecule has 0 bridgehead atoms. The Kier molecular flexibility index (Phi) is 4.34. The second-order valence-electron chi connectivity index (χ2n) is 6.23. The van der Waals surface area contributed by atoms with E-state index in [9.17, 15) is 0 Å².